The van der Waals surface area contributed by atoms with E-state index in [1.54, 1.807) is 31.2 Å². The first-order valence-corrected chi connectivity index (χ1v) is 4.75. The Morgan fingerprint density at radius 3 is 2.27 bits per heavy atom. The maximum absolute atomic E-state index is 10.8. The molecule has 3 atom stereocenters. The van der Waals surface area contributed by atoms with E-state index in [9.17, 15) is 9.90 Å². The second kappa shape index (κ2) is 4.91. The van der Waals surface area contributed by atoms with E-state index in [1.807, 2.05) is 6.07 Å². The molecule has 0 bridgehead atoms. The molecule has 0 saturated heterocycles. The van der Waals surface area contributed by atoms with Gasteiger partial charge in [0.2, 0.25) is 0 Å². The maximum Gasteiger partial charge on any atom is 0.321 e. The topological polar surface area (TPSA) is 83.5 Å². The smallest absolute Gasteiger partial charge is 0.321 e. The van der Waals surface area contributed by atoms with Gasteiger partial charge >= 0.3 is 5.97 Å². The van der Waals surface area contributed by atoms with E-state index in [4.69, 9.17) is 10.8 Å². The molecule has 4 N–H and O–H groups in total. The van der Waals surface area contributed by atoms with Gasteiger partial charge in [0.15, 0.2) is 0 Å². The predicted molar refractivity (Wildman–Crippen MR) is 56.5 cm³/mol. The van der Waals surface area contributed by atoms with E-state index in [0.717, 1.165) is 5.56 Å². The van der Waals surface area contributed by atoms with Gasteiger partial charge in [-0.15, -0.1) is 0 Å². The molecule has 1 aromatic carbocycles. The number of rotatable bonds is 4. The average molecular weight is 209 g/mol. The predicted octanol–water partition coefficient (Wildman–Crippen LogP) is 0.563. The standard InChI is InChI=1S/C11H15NO3/c1-7(13)9(10(12)11(14)15)8-5-3-2-4-6-8/h2-7,9-10,13H,12H2,1H3,(H,14,15)/t7-,9+,10-/m0/s1. The van der Waals surface area contributed by atoms with Crippen molar-refractivity contribution in [3.63, 3.8) is 0 Å². The van der Waals surface area contributed by atoms with Crippen LogP contribution in [0.2, 0.25) is 0 Å². The van der Waals surface area contributed by atoms with Crippen molar-refractivity contribution in [2.75, 3.05) is 0 Å². The molecular formula is C11H15NO3. The van der Waals surface area contributed by atoms with E-state index in [1.165, 1.54) is 0 Å². The molecule has 82 valence electrons. The minimum absolute atomic E-state index is 0.580. The van der Waals surface area contributed by atoms with E-state index in [0.29, 0.717) is 0 Å². The van der Waals surface area contributed by atoms with Gasteiger partial charge in [-0.25, -0.2) is 0 Å². The van der Waals surface area contributed by atoms with Crippen molar-refractivity contribution in [3.05, 3.63) is 35.9 Å². The first-order chi connectivity index (χ1) is 7.04. The van der Waals surface area contributed by atoms with Crippen LogP contribution in [0.3, 0.4) is 0 Å². The molecule has 0 aliphatic rings. The van der Waals surface area contributed by atoms with Crippen molar-refractivity contribution in [2.45, 2.75) is 25.0 Å². The fraction of sp³-hybridized carbons (Fsp3) is 0.364. The van der Waals surface area contributed by atoms with Gasteiger partial charge in [-0.05, 0) is 12.5 Å². The number of nitrogens with two attached hydrogens (primary N) is 1. The molecular weight excluding hydrogens is 194 g/mol. The maximum atomic E-state index is 10.8. The van der Waals surface area contributed by atoms with Crippen molar-refractivity contribution in [1.29, 1.82) is 0 Å². The summed E-state index contributed by atoms with van der Waals surface area (Å²) in [6.45, 7) is 1.54. The number of carboxylic acids is 1. The number of benzene rings is 1. The number of aliphatic hydroxyl groups excluding tert-OH is 1. The van der Waals surface area contributed by atoms with Gasteiger partial charge in [0.25, 0.3) is 0 Å². The zero-order valence-electron chi connectivity index (χ0n) is 8.50. The highest BCUT2D eigenvalue weighted by Crippen LogP contribution is 2.22. The van der Waals surface area contributed by atoms with Gasteiger partial charge < -0.3 is 15.9 Å². The fourth-order valence-corrected chi connectivity index (χ4v) is 1.61. The van der Waals surface area contributed by atoms with Crippen molar-refractivity contribution >= 4 is 5.97 Å². The van der Waals surface area contributed by atoms with E-state index in [-0.39, 0.29) is 0 Å². The Bertz CT molecular complexity index is 324. The van der Waals surface area contributed by atoms with Crippen LogP contribution in [0, 0.1) is 0 Å². The van der Waals surface area contributed by atoms with Crippen molar-refractivity contribution in [2.24, 2.45) is 5.73 Å². The van der Waals surface area contributed by atoms with Gasteiger partial charge in [0.1, 0.15) is 6.04 Å². The van der Waals surface area contributed by atoms with Crippen LogP contribution >= 0.6 is 0 Å². The Labute approximate surface area is 88.3 Å². The lowest BCUT2D eigenvalue weighted by Crippen LogP contribution is -2.41. The summed E-state index contributed by atoms with van der Waals surface area (Å²) in [5.74, 6) is -1.69. The second-order valence-electron chi connectivity index (χ2n) is 3.54. The van der Waals surface area contributed by atoms with Crippen LogP contribution in [-0.2, 0) is 4.79 Å². The Hall–Kier alpha value is -1.39. The lowest BCUT2D eigenvalue weighted by atomic mass is 9.88. The van der Waals surface area contributed by atoms with Crippen LogP contribution in [0.5, 0.6) is 0 Å². The minimum atomic E-state index is -1.11. The molecule has 0 unspecified atom stereocenters. The molecule has 0 amide bonds. The SMILES string of the molecule is C[C@H](O)[C@H](c1ccccc1)[C@H](N)C(=O)O. The molecule has 0 saturated carbocycles. The summed E-state index contributed by atoms with van der Waals surface area (Å²) in [7, 11) is 0. The summed E-state index contributed by atoms with van der Waals surface area (Å²) < 4.78 is 0. The highest BCUT2D eigenvalue weighted by atomic mass is 16.4. The molecule has 0 spiro atoms. The molecule has 0 aliphatic heterocycles. The molecule has 0 fully saturated rings. The van der Waals surface area contributed by atoms with E-state index >= 15 is 0 Å². The monoisotopic (exact) mass is 209 g/mol. The summed E-state index contributed by atoms with van der Waals surface area (Å²) in [4.78, 5) is 10.8. The van der Waals surface area contributed by atoms with Gasteiger partial charge in [-0.1, -0.05) is 30.3 Å². The van der Waals surface area contributed by atoms with Crippen LogP contribution in [0.1, 0.15) is 18.4 Å². The Kier molecular flexibility index (Phi) is 3.82. The molecule has 4 nitrogen and oxygen atoms in total. The Morgan fingerprint density at radius 1 is 1.33 bits per heavy atom. The highest BCUT2D eigenvalue weighted by Gasteiger charge is 2.29. The zero-order chi connectivity index (χ0) is 11.4. The van der Waals surface area contributed by atoms with Crippen LogP contribution in [-0.4, -0.2) is 28.3 Å². The lowest BCUT2D eigenvalue weighted by molar-refractivity contribution is -0.139. The molecule has 0 aliphatic carbocycles. The summed E-state index contributed by atoms with van der Waals surface area (Å²) in [5, 5.41) is 18.4. The summed E-state index contributed by atoms with van der Waals surface area (Å²) in [5.41, 5.74) is 6.27. The van der Waals surface area contributed by atoms with E-state index < -0.39 is 24.0 Å². The molecule has 4 heteroatoms. The minimum Gasteiger partial charge on any atom is -0.480 e. The molecule has 1 rings (SSSR count). The number of carbonyl (C=O) groups is 1. The number of aliphatic carboxylic acids is 1. The fourth-order valence-electron chi connectivity index (χ4n) is 1.61. The molecule has 0 heterocycles. The highest BCUT2D eigenvalue weighted by molar-refractivity contribution is 5.74. The third-order valence-electron chi connectivity index (χ3n) is 2.38. The number of carboxylic acid groups (broad SMARTS) is 1. The van der Waals surface area contributed by atoms with Gasteiger partial charge in [0.05, 0.1) is 6.10 Å². The first-order valence-electron chi connectivity index (χ1n) is 4.75. The van der Waals surface area contributed by atoms with Gasteiger partial charge in [0, 0.05) is 5.92 Å². The largest absolute Gasteiger partial charge is 0.480 e. The zero-order valence-corrected chi connectivity index (χ0v) is 8.50. The number of hydrogen-bond donors (Lipinski definition) is 3. The molecule has 15 heavy (non-hydrogen) atoms. The van der Waals surface area contributed by atoms with Crippen LogP contribution in [0.25, 0.3) is 0 Å². The third-order valence-corrected chi connectivity index (χ3v) is 2.38. The third kappa shape index (κ3) is 2.78. The lowest BCUT2D eigenvalue weighted by Gasteiger charge is -2.23. The van der Waals surface area contributed by atoms with Crippen LogP contribution in [0.4, 0.5) is 0 Å². The quantitative estimate of drug-likeness (QED) is 0.676. The molecule has 0 radical (unpaired) electrons. The van der Waals surface area contributed by atoms with Gasteiger partial charge in [-0.2, -0.15) is 0 Å². The second-order valence-corrected chi connectivity index (χ2v) is 3.54. The first kappa shape index (κ1) is 11.7. The normalized spacial score (nSPS) is 16.7. The summed E-state index contributed by atoms with van der Waals surface area (Å²) in [6.07, 6.45) is -0.793. The molecule has 0 aromatic heterocycles. The average Bonchev–Trinajstić information content (AvgIpc) is 2.18. The van der Waals surface area contributed by atoms with Crippen LogP contribution < -0.4 is 5.73 Å². The van der Waals surface area contributed by atoms with Gasteiger partial charge in [-0.3, -0.25) is 4.79 Å². The Morgan fingerprint density at radius 2 is 1.87 bits per heavy atom. The Balaban J connectivity index is 2.99. The van der Waals surface area contributed by atoms with Crippen molar-refractivity contribution in [3.8, 4) is 0 Å². The summed E-state index contributed by atoms with van der Waals surface area (Å²) in [6, 6.07) is 7.85. The molecule has 1 aromatic rings. The van der Waals surface area contributed by atoms with Crippen LogP contribution in [0.15, 0.2) is 30.3 Å². The summed E-state index contributed by atoms with van der Waals surface area (Å²) >= 11 is 0. The number of aliphatic hydroxyl groups is 1. The number of hydrogen-bond acceptors (Lipinski definition) is 3. The van der Waals surface area contributed by atoms with Crippen molar-refractivity contribution in [1.82, 2.24) is 0 Å². The van der Waals surface area contributed by atoms with E-state index in [2.05, 4.69) is 0 Å². The van der Waals surface area contributed by atoms with Crippen molar-refractivity contribution < 1.29 is 15.0 Å².